The second kappa shape index (κ2) is 7.39. The van der Waals surface area contributed by atoms with Crippen molar-refractivity contribution in [2.75, 3.05) is 13.2 Å². The van der Waals surface area contributed by atoms with Gasteiger partial charge in [-0.15, -0.1) is 0 Å². The number of nitrogens with zero attached hydrogens (tertiary/aromatic N) is 1. The summed E-state index contributed by atoms with van der Waals surface area (Å²) in [4.78, 5) is 26.8. The minimum atomic E-state index is -0.464. The van der Waals surface area contributed by atoms with Crippen molar-refractivity contribution < 1.29 is 14.3 Å². The summed E-state index contributed by atoms with van der Waals surface area (Å²) in [7, 11) is 0. The molecule has 1 atom stereocenters. The van der Waals surface area contributed by atoms with E-state index in [0.717, 1.165) is 5.56 Å². The highest BCUT2D eigenvalue weighted by Gasteiger charge is 2.18. The molecule has 1 aromatic heterocycles. The quantitative estimate of drug-likeness (QED) is 0.702. The van der Waals surface area contributed by atoms with Crippen molar-refractivity contribution in [3.05, 3.63) is 30.1 Å². The van der Waals surface area contributed by atoms with Crippen LogP contribution in [0.25, 0.3) is 0 Å². The number of rotatable bonds is 6. The van der Waals surface area contributed by atoms with Crippen LogP contribution >= 0.6 is 0 Å². The second-order valence-electron chi connectivity index (χ2n) is 3.62. The van der Waals surface area contributed by atoms with E-state index in [1.54, 1.807) is 31.5 Å². The first-order valence-electron chi connectivity index (χ1n) is 5.72. The minimum Gasteiger partial charge on any atom is -0.466 e. The first kappa shape index (κ1) is 14.1. The summed E-state index contributed by atoms with van der Waals surface area (Å²) in [5, 5.41) is 2.67. The molecule has 18 heavy (non-hydrogen) atoms. The Kier molecular flexibility index (Phi) is 5.79. The van der Waals surface area contributed by atoms with Crippen molar-refractivity contribution in [1.82, 2.24) is 10.3 Å². The molecular weight excluding hydrogens is 234 g/mol. The monoisotopic (exact) mass is 251 g/mol. The van der Waals surface area contributed by atoms with E-state index in [0.29, 0.717) is 6.61 Å². The topological polar surface area (TPSA) is 94.3 Å². The summed E-state index contributed by atoms with van der Waals surface area (Å²) in [6, 6.07) is 3.06. The molecule has 0 aliphatic carbocycles. The lowest BCUT2D eigenvalue weighted by Crippen LogP contribution is -2.35. The fraction of sp³-hybridized carbons (Fsp3) is 0.417. The van der Waals surface area contributed by atoms with Crippen molar-refractivity contribution >= 4 is 11.9 Å². The smallest absolute Gasteiger partial charge is 0.308 e. The van der Waals surface area contributed by atoms with Gasteiger partial charge in [0.2, 0.25) is 5.91 Å². The average Bonchev–Trinajstić information content (AvgIpc) is 2.39. The summed E-state index contributed by atoms with van der Waals surface area (Å²) in [6.45, 7) is 1.92. The van der Waals surface area contributed by atoms with Crippen LogP contribution < -0.4 is 11.1 Å². The van der Waals surface area contributed by atoms with Crippen LogP contribution in [0.1, 0.15) is 24.9 Å². The summed E-state index contributed by atoms with van der Waals surface area (Å²) in [5.41, 5.74) is 5.99. The molecule has 0 bridgehead atoms. The van der Waals surface area contributed by atoms with Crippen molar-refractivity contribution in [1.29, 1.82) is 0 Å². The maximum absolute atomic E-state index is 11.5. The standard InChI is InChI=1S/C12H17N3O3/c1-2-18-12(17)6-10(15-11(16)7-13)9-4-3-5-14-8-9/h3-5,8,10H,2,6-7,13H2,1H3,(H,15,16). The number of ether oxygens (including phenoxy) is 1. The van der Waals surface area contributed by atoms with E-state index in [4.69, 9.17) is 10.5 Å². The minimum absolute atomic E-state index is 0.0608. The Morgan fingerprint density at radius 2 is 2.33 bits per heavy atom. The summed E-state index contributed by atoms with van der Waals surface area (Å²) in [5.74, 6) is -0.697. The predicted octanol–water partition coefficient (Wildman–Crippen LogP) is 0.151. The molecule has 98 valence electrons. The Balaban J connectivity index is 2.75. The molecule has 0 radical (unpaired) electrons. The number of nitrogens with two attached hydrogens (primary N) is 1. The van der Waals surface area contributed by atoms with Gasteiger partial charge in [-0.05, 0) is 18.6 Å². The third kappa shape index (κ3) is 4.50. The van der Waals surface area contributed by atoms with Crippen molar-refractivity contribution in [2.45, 2.75) is 19.4 Å². The van der Waals surface area contributed by atoms with Gasteiger partial charge in [0, 0.05) is 12.4 Å². The molecule has 1 amide bonds. The van der Waals surface area contributed by atoms with Gasteiger partial charge in [-0.1, -0.05) is 6.07 Å². The first-order chi connectivity index (χ1) is 8.67. The van der Waals surface area contributed by atoms with Gasteiger partial charge in [-0.2, -0.15) is 0 Å². The first-order valence-corrected chi connectivity index (χ1v) is 5.72. The lowest BCUT2D eigenvalue weighted by atomic mass is 10.1. The zero-order chi connectivity index (χ0) is 13.4. The predicted molar refractivity (Wildman–Crippen MR) is 65.4 cm³/mol. The van der Waals surface area contributed by atoms with Gasteiger partial charge < -0.3 is 15.8 Å². The van der Waals surface area contributed by atoms with Crippen LogP contribution in [0.2, 0.25) is 0 Å². The molecule has 1 unspecified atom stereocenters. The Morgan fingerprint density at radius 3 is 2.89 bits per heavy atom. The van der Waals surface area contributed by atoms with Gasteiger partial charge in [-0.25, -0.2) is 0 Å². The number of amides is 1. The van der Waals surface area contributed by atoms with Gasteiger partial charge in [0.05, 0.1) is 25.6 Å². The maximum atomic E-state index is 11.5. The zero-order valence-electron chi connectivity index (χ0n) is 10.3. The van der Waals surface area contributed by atoms with Gasteiger partial charge in [0.25, 0.3) is 0 Å². The molecule has 0 spiro atoms. The molecule has 0 aliphatic heterocycles. The van der Waals surface area contributed by atoms with E-state index >= 15 is 0 Å². The normalized spacial score (nSPS) is 11.7. The van der Waals surface area contributed by atoms with Crippen molar-refractivity contribution in [3.8, 4) is 0 Å². The number of hydrogen-bond donors (Lipinski definition) is 2. The lowest BCUT2D eigenvalue weighted by molar-refractivity contribution is -0.143. The van der Waals surface area contributed by atoms with E-state index in [-0.39, 0.29) is 24.8 Å². The molecule has 6 heteroatoms. The molecule has 6 nitrogen and oxygen atoms in total. The van der Waals surface area contributed by atoms with Crippen molar-refractivity contribution in [2.24, 2.45) is 5.73 Å². The average molecular weight is 251 g/mol. The molecule has 1 aromatic rings. The highest BCUT2D eigenvalue weighted by Crippen LogP contribution is 2.16. The van der Waals surface area contributed by atoms with Crippen molar-refractivity contribution in [3.63, 3.8) is 0 Å². The number of carbonyl (C=O) groups excluding carboxylic acids is 2. The highest BCUT2D eigenvalue weighted by molar-refractivity contribution is 5.79. The van der Waals surface area contributed by atoms with Gasteiger partial charge >= 0.3 is 5.97 Å². The third-order valence-corrected chi connectivity index (χ3v) is 2.28. The fourth-order valence-corrected chi connectivity index (χ4v) is 1.47. The number of nitrogens with one attached hydrogen (secondary N) is 1. The molecule has 0 aromatic carbocycles. The number of hydrogen-bond acceptors (Lipinski definition) is 5. The van der Waals surface area contributed by atoms with E-state index in [1.807, 2.05) is 0 Å². The Hall–Kier alpha value is -1.95. The van der Waals surface area contributed by atoms with Crippen LogP contribution in [0.15, 0.2) is 24.5 Å². The fourth-order valence-electron chi connectivity index (χ4n) is 1.47. The van der Waals surface area contributed by atoms with E-state index in [9.17, 15) is 9.59 Å². The molecule has 0 aliphatic rings. The molecule has 1 rings (SSSR count). The summed E-state index contributed by atoms with van der Waals surface area (Å²) in [6.07, 6.45) is 3.28. The second-order valence-corrected chi connectivity index (χ2v) is 3.62. The molecule has 0 saturated heterocycles. The van der Waals surface area contributed by atoms with E-state index in [2.05, 4.69) is 10.3 Å². The van der Waals surface area contributed by atoms with Gasteiger partial charge in [0.15, 0.2) is 0 Å². The van der Waals surface area contributed by atoms with Crippen LogP contribution in [0.3, 0.4) is 0 Å². The van der Waals surface area contributed by atoms with E-state index < -0.39 is 6.04 Å². The number of esters is 1. The lowest BCUT2D eigenvalue weighted by Gasteiger charge is -2.17. The molecule has 0 fully saturated rings. The van der Waals surface area contributed by atoms with Crippen LogP contribution in [-0.2, 0) is 14.3 Å². The maximum Gasteiger partial charge on any atom is 0.308 e. The Morgan fingerprint density at radius 1 is 1.56 bits per heavy atom. The Labute approximate surface area is 106 Å². The Bertz CT molecular complexity index is 395. The van der Waals surface area contributed by atoms with Gasteiger partial charge in [-0.3, -0.25) is 14.6 Å². The van der Waals surface area contributed by atoms with Crippen LogP contribution in [-0.4, -0.2) is 30.0 Å². The van der Waals surface area contributed by atoms with Gasteiger partial charge in [0.1, 0.15) is 0 Å². The zero-order valence-corrected chi connectivity index (χ0v) is 10.3. The van der Waals surface area contributed by atoms with Crippen LogP contribution in [0, 0.1) is 0 Å². The van der Waals surface area contributed by atoms with E-state index in [1.165, 1.54) is 0 Å². The highest BCUT2D eigenvalue weighted by atomic mass is 16.5. The number of carbonyl (C=O) groups is 2. The molecule has 0 saturated carbocycles. The number of pyridine rings is 1. The van der Waals surface area contributed by atoms with Crippen LogP contribution in [0.4, 0.5) is 0 Å². The molecule has 1 heterocycles. The number of aromatic nitrogens is 1. The molecular formula is C12H17N3O3. The summed E-state index contributed by atoms with van der Waals surface area (Å²) >= 11 is 0. The third-order valence-electron chi connectivity index (χ3n) is 2.28. The van der Waals surface area contributed by atoms with Crippen LogP contribution in [0.5, 0.6) is 0 Å². The summed E-state index contributed by atoms with van der Waals surface area (Å²) < 4.78 is 4.87. The largest absolute Gasteiger partial charge is 0.466 e. The molecule has 3 N–H and O–H groups in total. The SMILES string of the molecule is CCOC(=O)CC(NC(=O)CN)c1cccnc1.